The second kappa shape index (κ2) is 5.93. The van der Waals surface area contributed by atoms with Crippen LogP contribution < -0.4 is 10.2 Å². The predicted octanol–water partition coefficient (Wildman–Crippen LogP) is 2.28. The van der Waals surface area contributed by atoms with Crippen LogP contribution in [0.1, 0.15) is 17.7 Å². The van der Waals surface area contributed by atoms with E-state index < -0.39 is 0 Å². The molecule has 0 saturated carbocycles. The van der Waals surface area contributed by atoms with Gasteiger partial charge in [0.25, 0.3) is 0 Å². The highest BCUT2D eigenvalue weighted by Gasteiger charge is 2.22. The normalized spacial score (nSPS) is 19.5. The highest BCUT2D eigenvalue weighted by molar-refractivity contribution is 7.15. The van der Waals surface area contributed by atoms with Gasteiger partial charge in [0.15, 0.2) is 5.82 Å². The van der Waals surface area contributed by atoms with Crippen LogP contribution in [-0.2, 0) is 0 Å². The van der Waals surface area contributed by atoms with Crippen molar-refractivity contribution in [3.63, 3.8) is 0 Å². The van der Waals surface area contributed by atoms with Gasteiger partial charge in [-0.15, -0.1) is 16.4 Å². The first-order chi connectivity index (χ1) is 9.76. The predicted molar refractivity (Wildman–Crippen MR) is 83.3 cm³/mol. The van der Waals surface area contributed by atoms with E-state index in [9.17, 15) is 0 Å². The van der Waals surface area contributed by atoms with E-state index in [1.807, 2.05) is 7.05 Å². The molecule has 2 aromatic rings. The number of piperidine rings is 1. The highest BCUT2D eigenvalue weighted by atomic mass is 32.1. The molecule has 6 heteroatoms. The molecule has 20 heavy (non-hydrogen) atoms. The van der Waals surface area contributed by atoms with Gasteiger partial charge < -0.3 is 10.2 Å². The zero-order valence-electron chi connectivity index (χ0n) is 12.0. The summed E-state index contributed by atoms with van der Waals surface area (Å²) in [4.78, 5) is 9.41. The molecule has 0 spiro atoms. The van der Waals surface area contributed by atoms with E-state index in [4.69, 9.17) is 0 Å². The lowest BCUT2D eigenvalue weighted by Gasteiger charge is -2.31. The van der Waals surface area contributed by atoms with Crippen molar-refractivity contribution in [1.29, 1.82) is 0 Å². The van der Waals surface area contributed by atoms with Crippen molar-refractivity contribution in [2.75, 3.05) is 31.6 Å². The third kappa shape index (κ3) is 2.86. The van der Waals surface area contributed by atoms with Gasteiger partial charge in [0.1, 0.15) is 0 Å². The highest BCUT2D eigenvalue weighted by Crippen LogP contribution is 2.27. The summed E-state index contributed by atoms with van der Waals surface area (Å²) >= 11 is 1.75. The Bertz CT molecular complexity index is 559. The number of aromatic nitrogens is 3. The van der Waals surface area contributed by atoms with Crippen molar-refractivity contribution < 1.29 is 0 Å². The summed E-state index contributed by atoms with van der Waals surface area (Å²) < 4.78 is 0. The Labute approximate surface area is 123 Å². The average molecular weight is 291 g/mol. The molecule has 3 rings (SSSR count). The Kier molecular flexibility index (Phi) is 4.03. The van der Waals surface area contributed by atoms with Crippen LogP contribution in [0.2, 0.25) is 0 Å². The molecule has 1 atom stereocenters. The SMILES string of the molecule is CNCC1CCCN(c2n[nH]c(-c3ccc(C)s3)n2)C1. The van der Waals surface area contributed by atoms with E-state index in [-0.39, 0.29) is 0 Å². The minimum absolute atomic E-state index is 0.694. The molecule has 3 heterocycles. The van der Waals surface area contributed by atoms with Gasteiger partial charge in [-0.3, -0.25) is 5.10 Å². The molecule has 2 aromatic heterocycles. The maximum atomic E-state index is 4.66. The molecule has 0 amide bonds. The quantitative estimate of drug-likeness (QED) is 0.907. The first kappa shape index (κ1) is 13.6. The molecular formula is C14H21N5S. The fourth-order valence-corrected chi connectivity index (χ4v) is 3.58. The van der Waals surface area contributed by atoms with Crippen molar-refractivity contribution in [3.8, 4) is 10.7 Å². The average Bonchev–Trinajstić information content (AvgIpc) is 3.08. The van der Waals surface area contributed by atoms with Crippen molar-refractivity contribution in [2.45, 2.75) is 19.8 Å². The number of anilines is 1. The Morgan fingerprint density at radius 2 is 2.40 bits per heavy atom. The molecular weight excluding hydrogens is 270 g/mol. The zero-order chi connectivity index (χ0) is 13.9. The van der Waals surface area contributed by atoms with Crippen LogP contribution in [-0.4, -0.2) is 41.9 Å². The van der Waals surface area contributed by atoms with Crippen molar-refractivity contribution in [1.82, 2.24) is 20.5 Å². The van der Waals surface area contributed by atoms with Crippen molar-refractivity contribution in [3.05, 3.63) is 17.0 Å². The molecule has 1 aliphatic rings. The largest absolute Gasteiger partial charge is 0.339 e. The van der Waals surface area contributed by atoms with Gasteiger partial charge in [-0.25, -0.2) is 0 Å². The third-order valence-corrected chi connectivity index (χ3v) is 4.75. The van der Waals surface area contributed by atoms with Crippen molar-refractivity contribution in [2.24, 2.45) is 5.92 Å². The van der Waals surface area contributed by atoms with Crippen LogP contribution in [0.5, 0.6) is 0 Å². The summed E-state index contributed by atoms with van der Waals surface area (Å²) in [7, 11) is 2.02. The molecule has 1 aliphatic heterocycles. The van der Waals surface area contributed by atoms with E-state index in [0.717, 1.165) is 36.3 Å². The minimum atomic E-state index is 0.694. The lowest BCUT2D eigenvalue weighted by atomic mass is 9.98. The Morgan fingerprint density at radius 1 is 1.50 bits per heavy atom. The molecule has 5 nitrogen and oxygen atoms in total. The van der Waals surface area contributed by atoms with Gasteiger partial charge >= 0.3 is 0 Å². The topological polar surface area (TPSA) is 56.8 Å². The number of nitrogens with one attached hydrogen (secondary N) is 2. The molecule has 0 aromatic carbocycles. The van der Waals surface area contributed by atoms with Crippen LogP contribution in [0.15, 0.2) is 12.1 Å². The number of H-pyrrole nitrogens is 1. The summed E-state index contributed by atoms with van der Waals surface area (Å²) in [6.07, 6.45) is 2.51. The van der Waals surface area contributed by atoms with E-state index >= 15 is 0 Å². The van der Waals surface area contributed by atoms with Gasteiger partial charge in [-0.2, -0.15) is 4.98 Å². The first-order valence-electron chi connectivity index (χ1n) is 7.15. The summed E-state index contributed by atoms with van der Waals surface area (Å²) in [5.74, 6) is 2.42. The number of aromatic amines is 1. The van der Waals surface area contributed by atoms with E-state index in [1.54, 1.807) is 11.3 Å². The standard InChI is InChI=1S/C14H21N5S/c1-10-5-6-12(20-10)13-16-14(18-17-13)19-7-3-4-11(9-19)8-15-2/h5-6,11,15H,3-4,7-9H2,1-2H3,(H,16,17,18). The number of aryl methyl sites for hydroxylation is 1. The smallest absolute Gasteiger partial charge is 0.245 e. The minimum Gasteiger partial charge on any atom is -0.339 e. The van der Waals surface area contributed by atoms with Gasteiger partial charge in [-0.1, -0.05) is 0 Å². The van der Waals surface area contributed by atoms with Crippen molar-refractivity contribution >= 4 is 17.3 Å². The van der Waals surface area contributed by atoms with Crippen LogP contribution in [0.4, 0.5) is 5.95 Å². The van der Waals surface area contributed by atoms with E-state index in [0.29, 0.717) is 5.92 Å². The summed E-state index contributed by atoms with van der Waals surface area (Å²) in [5.41, 5.74) is 0. The molecule has 1 fully saturated rings. The fraction of sp³-hybridized carbons (Fsp3) is 0.571. The summed E-state index contributed by atoms with van der Waals surface area (Å²) in [6, 6.07) is 4.22. The molecule has 1 saturated heterocycles. The van der Waals surface area contributed by atoms with Crippen LogP contribution >= 0.6 is 11.3 Å². The molecule has 0 bridgehead atoms. The molecule has 108 valence electrons. The number of rotatable bonds is 4. The fourth-order valence-electron chi connectivity index (χ4n) is 2.77. The molecule has 0 radical (unpaired) electrons. The van der Waals surface area contributed by atoms with Gasteiger partial charge in [-0.05, 0) is 51.4 Å². The molecule has 2 N–H and O–H groups in total. The van der Waals surface area contributed by atoms with E-state index in [1.165, 1.54) is 17.7 Å². The third-order valence-electron chi connectivity index (χ3n) is 3.74. The Balaban J connectivity index is 1.73. The number of hydrogen-bond acceptors (Lipinski definition) is 5. The summed E-state index contributed by atoms with van der Waals surface area (Å²) in [6.45, 7) is 5.28. The number of hydrogen-bond donors (Lipinski definition) is 2. The second-order valence-electron chi connectivity index (χ2n) is 5.41. The van der Waals surface area contributed by atoms with Gasteiger partial charge in [0.2, 0.25) is 5.95 Å². The first-order valence-corrected chi connectivity index (χ1v) is 7.96. The lowest BCUT2D eigenvalue weighted by Crippen LogP contribution is -2.39. The number of nitrogens with zero attached hydrogens (tertiary/aromatic N) is 3. The van der Waals surface area contributed by atoms with E-state index in [2.05, 4.69) is 44.5 Å². The van der Waals surface area contributed by atoms with Crippen LogP contribution in [0.25, 0.3) is 10.7 Å². The lowest BCUT2D eigenvalue weighted by molar-refractivity contribution is 0.399. The van der Waals surface area contributed by atoms with Crippen LogP contribution in [0, 0.1) is 12.8 Å². The maximum Gasteiger partial charge on any atom is 0.245 e. The molecule has 1 unspecified atom stereocenters. The molecule has 0 aliphatic carbocycles. The summed E-state index contributed by atoms with van der Waals surface area (Å²) in [5, 5.41) is 10.7. The van der Waals surface area contributed by atoms with Gasteiger partial charge in [0.05, 0.1) is 4.88 Å². The zero-order valence-corrected chi connectivity index (χ0v) is 12.8. The van der Waals surface area contributed by atoms with Crippen LogP contribution in [0.3, 0.4) is 0 Å². The number of thiophene rings is 1. The maximum absolute atomic E-state index is 4.66. The second-order valence-corrected chi connectivity index (χ2v) is 6.69. The monoisotopic (exact) mass is 291 g/mol. The van der Waals surface area contributed by atoms with Gasteiger partial charge in [0, 0.05) is 18.0 Å². The Hall–Kier alpha value is -1.40. The Morgan fingerprint density at radius 3 is 3.15 bits per heavy atom.